The van der Waals surface area contributed by atoms with Gasteiger partial charge in [-0.25, -0.2) is 4.39 Å². The van der Waals surface area contributed by atoms with Crippen LogP contribution in [0.25, 0.3) is 10.9 Å². The minimum absolute atomic E-state index is 0.107. The van der Waals surface area contributed by atoms with Crippen molar-refractivity contribution in [3.63, 3.8) is 0 Å². The van der Waals surface area contributed by atoms with Gasteiger partial charge in [0.1, 0.15) is 5.82 Å². The van der Waals surface area contributed by atoms with Crippen LogP contribution in [0.3, 0.4) is 0 Å². The Morgan fingerprint density at radius 1 is 1.19 bits per heavy atom. The van der Waals surface area contributed by atoms with E-state index in [2.05, 4.69) is 9.88 Å². The number of carbonyl (C=O) groups is 1. The Morgan fingerprint density at radius 3 is 2.61 bits per heavy atom. The number of rotatable bonds is 4. The van der Waals surface area contributed by atoms with Gasteiger partial charge in [-0.2, -0.15) is 0 Å². The molecule has 1 N–H and O–H groups in total. The minimum Gasteiger partial charge on any atom is -0.336 e. The maximum absolute atomic E-state index is 14.1. The molecule has 0 unspecified atom stereocenters. The van der Waals surface area contributed by atoms with Crippen molar-refractivity contribution in [3.8, 4) is 0 Å². The van der Waals surface area contributed by atoms with E-state index in [0.717, 1.165) is 0 Å². The Balaban J connectivity index is 1.48. The molecule has 0 atom stereocenters. The molecule has 4 rings (SSSR count). The zero-order valence-corrected chi connectivity index (χ0v) is 18.6. The third-order valence-corrected chi connectivity index (χ3v) is 6.32. The highest BCUT2D eigenvalue weighted by Gasteiger charge is 2.23. The third kappa shape index (κ3) is 4.28. The number of amides is 1. The summed E-state index contributed by atoms with van der Waals surface area (Å²) >= 11 is 11.4. The normalized spacial score (nSPS) is 14.9. The van der Waals surface area contributed by atoms with Crippen molar-refractivity contribution in [3.05, 3.63) is 73.5 Å². The van der Waals surface area contributed by atoms with Crippen LogP contribution in [0.2, 0.25) is 5.02 Å². The molecule has 3 aromatic rings. The van der Waals surface area contributed by atoms with E-state index in [0.29, 0.717) is 71.1 Å². The maximum Gasteiger partial charge on any atom is 0.262 e. The summed E-state index contributed by atoms with van der Waals surface area (Å²) in [5, 5.41) is 0.910. The van der Waals surface area contributed by atoms with Crippen LogP contribution < -0.4 is 5.56 Å². The van der Waals surface area contributed by atoms with Gasteiger partial charge in [-0.15, -0.1) is 0 Å². The fourth-order valence-electron chi connectivity index (χ4n) is 3.87. The molecule has 1 aliphatic rings. The fraction of sp³-hybridized carbons (Fsp3) is 0.318. The smallest absolute Gasteiger partial charge is 0.262 e. The summed E-state index contributed by atoms with van der Waals surface area (Å²) in [6.45, 7) is 5.03. The second-order valence-electron chi connectivity index (χ2n) is 7.51. The number of aromatic amines is 1. The summed E-state index contributed by atoms with van der Waals surface area (Å²) < 4.78 is 15.9. The maximum atomic E-state index is 14.1. The van der Waals surface area contributed by atoms with Gasteiger partial charge in [-0.1, -0.05) is 17.7 Å². The quantitative estimate of drug-likeness (QED) is 0.601. The Bertz CT molecular complexity index is 1240. The van der Waals surface area contributed by atoms with Crippen LogP contribution in [0.5, 0.6) is 0 Å². The number of nitrogens with one attached hydrogen (secondary N) is 1. The molecule has 31 heavy (non-hydrogen) atoms. The van der Waals surface area contributed by atoms with Gasteiger partial charge in [0.05, 0.1) is 10.9 Å². The van der Waals surface area contributed by atoms with Crippen molar-refractivity contribution >= 4 is 40.6 Å². The number of benzene rings is 2. The van der Waals surface area contributed by atoms with Crippen molar-refractivity contribution in [2.75, 3.05) is 26.2 Å². The van der Waals surface area contributed by atoms with E-state index in [1.807, 2.05) is 6.92 Å². The van der Waals surface area contributed by atoms with Gasteiger partial charge in [0.25, 0.3) is 11.5 Å². The predicted molar refractivity (Wildman–Crippen MR) is 122 cm³/mol. The molecular weight excluding hydrogens is 439 g/mol. The third-order valence-electron chi connectivity index (χ3n) is 5.65. The number of halogens is 2. The molecule has 0 radical (unpaired) electrons. The van der Waals surface area contributed by atoms with Crippen molar-refractivity contribution < 1.29 is 9.18 Å². The lowest BCUT2D eigenvalue weighted by atomic mass is 10.1. The first-order chi connectivity index (χ1) is 14.9. The van der Waals surface area contributed by atoms with E-state index in [1.165, 1.54) is 10.6 Å². The number of carbonyl (C=O) groups excluding carboxylic acids is 1. The van der Waals surface area contributed by atoms with E-state index in [1.54, 1.807) is 35.2 Å². The molecule has 1 aromatic heterocycles. The largest absolute Gasteiger partial charge is 0.336 e. The minimum atomic E-state index is -0.318. The van der Waals surface area contributed by atoms with Crippen molar-refractivity contribution in [2.45, 2.75) is 20.0 Å². The number of hydrogen-bond donors (Lipinski definition) is 1. The lowest BCUT2D eigenvalue weighted by Gasteiger charge is -2.35. The number of fused-ring (bicyclic) bond motifs is 1. The summed E-state index contributed by atoms with van der Waals surface area (Å²) in [6.07, 6.45) is 0. The number of H-pyrrole nitrogens is 1. The summed E-state index contributed by atoms with van der Waals surface area (Å²) in [6, 6.07) is 9.69. The molecule has 162 valence electrons. The van der Waals surface area contributed by atoms with Crippen LogP contribution in [0.4, 0.5) is 4.39 Å². The molecule has 0 bridgehead atoms. The summed E-state index contributed by atoms with van der Waals surface area (Å²) in [5.41, 5.74) is 1.36. The molecule has 6 nitrogen and oxygen atoms in total. The predicted octanol–water partition coefficient (Wildman–Crippen LogP) is 3.83. The first-order valence-corrected chi connectivity index (χ1v) is 10.9. The van der Waals surface area contributed by atoms with Crippen LogP contribution in [0, 0.1) is 10.6 Å². The van der Waals surface area contributed by atoms with Crippen LogP contribution in [-0.2, 0) is 13.1 Å². The standard InChI is InChI=1S/C22H22ClFN4O2S/c1-2-28-21(30)15-7-6-14(12-19(15)25-22(28)31)20(29)27-10-8-26(9-11-27)13-16-17(23)4-3-5-18(16)24/h3-7,12H,2,8-11,13H2,1H3,(H,25,31). The van der Waals surface area contributed by atoms with Crippen LogP contribution in [-0.4, -0.2) is 51.4 Å². The summed E-state index contributed by atoms with van der Waals surface area (Å²) in [7, 11) is 0. The Labute approximate surface area is 188 Å². The summed E-state index contributed by atoms with van der Waals surface area (Å²) in [4.78, 5) is 32.4. The van der Waals surface area contributed by atoms with Crippen LogP contribution >= 0.6 is 23.8 Å². The highest BCUT2D eigenvalue weighted by Crippen LogP contribution is 2.22. The number of piperazine rings is 1. The molecule has 2 aromatic carbocycles. The number of hydrogen-bond acceptors (Lipinski definition) is 4. The highest BCUT2D eigenvalue weighted by molar-refractivity contribution is 7.71. The zero-order chi connectivity index (χ0) is 22.1. The van der Waals surface area contributed by atoms with E-state index >= 15 is 0 Å². The number of nitrogens with zero attached hydrogens (tertiary/aromatic N) is 3. The van der Waals surface area contributed by atoms with E-state index in [4.69, 9.17) is 23.8 Å². The van der Waals surface area contributed by atoms with Crippen LogP contribution in [0.15, 0.2) is 41.2 Å². The van der Waals surface area contributed by atoms with Crippen molar-refractivity contribution in [2.24, 2.45) is 0 Å². The van der Waals surface area contributed by atoms with E-state index in [-0.39, 0.29) is 17.3 Å². The average Bonchev–Trinajstić information content (AvgIpc) is 2.76. The first-order valence-electron chi connectivity index (χ1n) is 10.1. The van der Waals surface area contributed by atoms with Gasteiger partial charge in [0.15, 0.2) is 4.77 Å². The summed E-state index contributed by atoms with van der Waals surface area (Å²) in [5.74, 6) is -0.425. The molecule has 0 spiro atoms. The topological polar surface area (TPSA) is 61.3 Å². The number of aromatic nitrogens is 2. The van der Waals surface area contributed by atoms with Gasteiger partial charge in [0, 0.05) is 55.4 Å². The molecule has 2 heterocycles. The van der Waals surface area contributed by atoms with Crippen molar-refractivity contribution in [1.29, 1.82) is 0 Å². The molecule has 1 saturated heterocycles. The van der Waals surface area contributed by atoms with Gasteiger partial charge in [-0.05, 0) is 49.5 Å². The van der Waals surface area contributed by atoms with Gasteiger partial charge < -0.3 is 9.88 Å². The first kappa shape index (κ1) is 21.7. The zero-order valence-electron chi connectivity index (χ0n) is 17.0. The second-order valence-corrected chi connectivity index (χ2v) is 8.30. The van der Waals surface area contributed by atoms with E-state index in [9.17, 15) is 14.0 Å². The fourth-order valence-corrected chi connectivity index (χ4v) is 4.42. The SMILES string of the molecule is CCn1c(=S)[nH]c2cc(C(=O)N3CCN(Cc4c(F)cccc4Cl)CC3)ccc2c1=O. The molecule has 1 amide bonds. The molecule has 1 aliphatic heterocycles. The lowest BCUT2D eigenvalue weighted by molar-refractivity contribution is 0.0627. The van der Waals surface area contributed by atoms with E-state index < -0.39 is 0 Å². The molecule has 0 aliphatic carbocycles. The average molecular weight is 461 g/mol. The Kier molecular flexibility index (Phi) is 6.22. The second kappa shape index (κ2) is 8.90. The van der Waals surface area contributed by atoms with Gasteiger partial charge in [0.2, 0.25) is 0 Å². The highest BCUT2D eigenvalue weighted by atomic mass is 35.5. The molecule has 0 saturated carbocycles. The Morgan fingerprint density at radius 2 is 1.94 bits per heavy atom. The molecular formula is C22H22ClFN4O2S. The molecule has 9 heteroatoms. The van der Waals surface area contributed by atoms with Crippen LogP contribution in [0.1, 0.15) is 22.8 Å². The van der Waals surface area contributed by atoms with Gasteiger partial charge in [-0.3, -0.25) is 19.1 Å². The Hall–Kier alpha value is -2.55. The lowest BCUT2D eigenvalue weighted by Crippen LogP contribution is -2.48. The molecule has 1 fully saturated rings. The van der Waals surface area contributed by atoms with Gasteiger partial charge >= 0.3 is 0 Å². The monoisotopic (exact) mass is 460 g/mol. The van der Waals surface area contributed by atoms with Crippen molar-refractivity contribution in [1.82, 2.24) is 19.4 Å².